The summed E-state index contributed by atoms with van der Waals surface area (Å²) in [6.07, 6.45) is 11.8. The van der Waals surface area contributed by atoms with E-state index in [-0.39, 0.29) is 6.04 Å². The van der Waals surface area contributed by atoms with E-state index < -0.39 is 0 Å². The lowest BCUT2D eigenvalue weighted by molar-refractivity contribution is 0.502. The number of nitrogens with zero attached hydrogens (tertiary/aromatic N) is 7. The molecular weight excluding hydrogens is 400 g/mol. The number of anilines is 1. The molecule has 8 nitrogen and oxygen atoms in total. The van der Waals surface area contributed by atoms with E-state index in [1.165, 1.54) is 18.4 Å². The molecule has 1 saturated carbocycles. The summed E-state index contributed by atoms with van der Waals surface area (Å²) >= 11 is 0. The van der Waals surface area contributed by atoms with Crippen molar-refractivity contribution in [2.45, 2.75) is 44.6 Å². The van der Waals surface area contributed by atoms with Crippen molar-refractivity contribution in [1.29, 1.82) is 0 Å². The summed E-state index contributed by atoms with van der Waals surface area (Å²) in [4.78, 5) is 20.9. The van der Waals surface area contributed by atoms with Crippen LogP contribution in [0.5, 0.6) is 0 Å². The summed E-state index contributed by atoms with van der Waals surface area (Å²) in [5, 5.41) is 5.61. The summed E-state index contributed by atoms with van der Waals surface area (Å²) in [6, 6.07) is 6.53. The lowest BCUT2D eigenvalue weighted by Gasteiger charge is -2.33. The summed E-state index contributed by atoms with van der Waals surface area (Å²) in [5.74, 6) is 2.50. The van der Waals surface area contributed by atoms with Crippen molar-refractivity contribution in [2.24, 2.45) is 5.73 Å². The van der Waals surface area contributed by atoms with Gasteiger partial charge in [0.15, 0.2) is 5.82 Å². The van der Waals surface area contributed by atoms with Gasteiger partial charge in [0.05, 0.1) is 29.3 Å². The molecule has 4 aromatic heterocycles. The Morgan fingerprint density at radius 2 is 1.91 bits per heavy atom. The van der Waals surface area contributed by atoms with Gasteiger partial charge in [-0.25, -0.2) is 14.6 Å². The Morgan fingerprint density at radius 3 is 2.72 bits per heavy atom. The highest BCUT2D eigenvalue weighted by atomic mass is 15.3. The number of rotatable bonds is 4. The summed E-state index contributed by atoms with van der Waals surface area (Å²) < 4.78 is 1.90. The van der Waals surface area contributed by atoms with Gasteiger partial charge in [-0.2, -0.15) is 5.10 Å². The van der Waals surface area contributed by atoms with Crippen LogP contribution in [0.15, 0.2) is 43.0 Å². The second-order valence-electron chi connectivity index (χ2n) is 8.94. The predicted octanol–water partition coefficient (Wildman–Crippen LogP) is 3.39. The van der Waals surface area contributed by atoms with Crippen molar-refractivity contribution < 1.29 is 0 Å². The molecule has 5 heterocycles. The van der Waals surface area contributed by atoms with E-state index in [0.717, 1.165) is 65.6 Å². The van der Waals surface area contributed by atoms with Crippen molar-refractivity contribution in [3.05, 3.63) is 54.2 Å². The van der Waals surface area contributed by atoms with Gasteiger partial charge in [0.1, 0.15) is 11.5 Å². The van der Waals surface area contributed by atoms with Gasteiger partial charge in [0, 0.05) is 36.9 Å². The maximum Gasteiger partial charge on any atom is 0.156 e. The van der Waals surface area contributed by atoms with E-state index in [0.29, 0.717) is 5.92 Å². The summed E-state index contributed by atoms with van der Waals surface area (Å²) in [5.41, 5.74) is 11.0. The maximum atomic E-state index is 6.29. The highest BCUT2D eigenvalue weighted by Gasteiger charge is 2.30. The lowest BCUT2D eigenvalue weighted by atomic mass is 10.0. The van der Waals surface area contributed by atoms with Gasteiger partial charge in [-0.15, -0.1) is 0 Å². The fraction of sp³-hybridized carbons (Fsp3) is 0.375. The molecule has 162 valence electrons. The molecule has 1 saturated heterocycles. The van der Waals surface area contributed by atoms with E-state index in [1.807, 2.05) is 30.1 Å². The molecule has 6 rings (SSSR count). The zero-order valence-corrected chi connectivity index (χ0v) is 18.1. The van der Waals surface area contributed by atoms with Crippen molar-refractivity contribution in [3.8, 4) is 17.2 Å². The average Bonchev–Trinajstić information content (AvgIpc) is 3.57. The van der Waals surface area contributed by atoms with Crippen LogP contribution in [-0.4, -0.2) is 48.8 Å². The van der Waals surface area contributed by atoms with Crippen LogP contribution in [-0.2, 0) is 0 Å². The highest BCUT2D eigenvalue weighted by molar-refractivity contribution is 5.82. The number of nitrogens with two attached hydrogens (primary N) is 1. The largest absolute Gasteiger partial charge is 0.355 e. The quantitative estimate of drug-likeness (QED) is 0.534. The number of aromatic nitrogens is 6. The van der Waals surface area contributed by atoms with Gasteiger partial charge in [-0.05, 0) is 56.2 Å². The number of hydrogen-bond donors (Lipinski definition) is 1. The standard InChI is InChI=1S/C24H26N8/c1-15-10-26-13-21(29-15)20-9-22-17(11-27-20)12-28-32(22)23-7-6-19(16-4-5-16)24(30-23)31-8-2-3-18(25)14-31/h6-7,9-13,16,18H,2-5,8,14,25H2,1H3. The molecule has 32 heavy (non-hydrogen) atoms. The van der Waals surface area contributed by atoms with Gasteiger partial charge in [-0.3, -0.25) is 9.97 Å². The third kappa shape index (κ3) is 3.50. The molecule has 1 unspecified atom stereocenters. The Labute approximate surface area is 186 Å². The van der Waals surface area contributed by atoms with Gasteiger partial charge in [0.2, 0.25) is 0 Å². The molecular formula is C24H26N8. The fourth-order valence-electron chi connectivity index (χ4n) is 4.57. The Hall–Kier alpha value is -3.39. The van der Waals surface area contributed by atoms with Gasteiger partial charge >= 0.3 is 0 Å². The fourth-order valence-corrected chi connectivity index (χ4v) is 4.57. The van der Waals surface area contributed by atoms with Crippen LogP contribution in [0.4, 0.5) is 5.82 Å². The molecule has 2 aliphatic rings. The van der Waals surface area contributed by atoms with Gasteiger partial charge in [0.25, 0.3) is 0 Å². The van der Waals surface area contributed by atoms with Crippen molar-refractivity contribution >= 4 is 16.7 Å². The number of aryl methyl sites for hydroxylation is 1. The van der Waals surface area contributed by atoms with Crippen LogP contribution in [0.1, 0.15) is 42.9 Å². The van der Waals surface area contributed by atoms with E-state index in [9.17, 15) is 0 Å². The molecule has 2 fully saturated rings. The van der Waals surface area contributed by atoms with Crippen LogP contribution < -0.4 is 10.6 Å². The monoisotopic (exact) mass is 426 g/mol. The molecule has 8 heteroatoms. The molecule has 0 spiro atoms. The smallest absolute Gasteiger partial charge is 0.156 e. The zero-order chi connectivity index (χ0) is 21.7. The molecule has 0 radical (unpaired) electrons. The Bertz CT molecular complexity index is 1290. The zero-order valence-electron chi connectivity index (χ0n) is 18.1. The van der Waals surface area contributed by atoms with Crippen molar-refractivity contribution in [1.82, 2.24) is 29.7 Å². The van der Waals surface area contributed by atoms with Gasteiger partial charge < -0.3 is 10.6 Å². The second-order valence-corrected chi connectivity index (χ2v) is 8.94. The normalized spacial score (nSPS) is 18.9. The van der Waals surface area contributed by atoms with Gasteiger partial charge in [-0.1, -0.05) is 6.07 Å². The summed E-state index contributed by atoms with van der Waals surface area (Å²) in [6.45, 7) is 3.79. The molecule has 0 amide bonds. The van der Waals surface area contributed by atoms with E-state index in [4.69, 9.17) is 10.7 Å². The van der Waals surface area contributed by atoms with E-state index in [2.05, 4.69) is 37.1 Å². The van der Waals surface area contributed by atoms with Crippen LogP contribution in [0.25, 0.3) is 28.1 Å². The molecule has 2 N–H and O–H groups in total. The maximum absolute atomic E-state index is 6.29. The van der Waals surface area contributed by atoms with Crippen LogP contribution in [0.3, 0.4) is 0 Å². The Morgan fingerprint density at radius 1 is 1.00 bits per heavy atom. The molecule has 1 aliphatic heterocycles. The number of piperidine rings is 1. The van der Waals surface area contributed by atoms with E-state index >= 15 is 0 Å². The van der Waals surface area contributed by atoms with E-state index in [1.54, 1.807) is 12.4 Å². The minimum absolute atomic E-state index is 0.205. The number of hydrogen-bond acceptors (Lipinski definition) is 7. The molecule has 4 aromatic rings. The SMILES string of the molecule is Cc1cncc(-c2cc3c(cn2)cnn3-c2ccc(C3CC3)c(N3CCCC(N)C3)n2)n1. The minimum Gasteiger partial charge on any atom is -0.355 e. The number of pyridine rings is 2. The number of fused-ring (bicyclic) bond motifs is 1. The van der Waals surface area contributed by atoms with Crippen molar-refractivity contribution in [3.63, 3.8) is 0 Å². The predicted molar refractivity (Wildman–Crippen MR) is 124 cm³/mol. The molecule has 0 bridgehead atoms. The average molecular weight is 427 g/mol. The Balaban J connectivity index is 1.44. The summed E-state index contributed by atoms with van der Waals surface area (Å²) in [7, 11) is 0. The molecule has 1 atom stereocenters. The topological polar surface area (TPSA) is 98.6 Å². The minimum atomic E-state index is 0.205. The first-order valence-electron chi connectivity index (χ1n) is 11.3. The third-order valence-corrected chi connectivity index (χ3v) is 6.35. The lowest BCUT2D eigenvalue weighted by Crippen LogP contribution is -2.43. The van der Waals surface area contributed by atoms with Crippen molar-refractivity contribution in [2.75, 3.05) is 18.0 Å². The first kappa shape index (κ1) is 19.3. The van der Waals surface area contributed by atoms with Crippen LogP contribution in [0, 0.1) is 6.92 Å². The Kier molecular flexibility index (Phi) is 4.61. The first-order valence-corrected chi connectivity index (χ1v) is 11.3. The molecule has 1 aliphatic carbocycles. The highest BCUT2D eigenvalue weighted by Crippen LogP contribution is 2.44. The second kappa shape index (κ2) is 7.63. The molecule has 0 aromatic carbocycles. The third-order valence-electron chi connectivity index (χ3n) is 6.35. The first-order chi connectivity index (χ1) is 15.7. The van der Waals surface area contributed by atoms with Crippen LogP contribution >= 0.6 is 0 Å². The van der Waals surface area contributed by atoms with Crippen LogP contribution in [0.2, 0.25) is 0 Å².